The molecule has 0 aliphatic rings. The van der Waals surface area contributed by atoms with E-state index in [2.05, 4.69) is 40.2 Å². The Morgan fingerprint density at radius 2 is 2.12 bits per heavy atom. The van der Waals surface area contributed by atoms with E-state index in [0.29, 0.717) is 24.7 Å². The van der Waals surface area contributed by atoms with Crippen LogP contribution < -0.4 is 27.4 Å². The second kappa shape index (κ2) is 10.1. The number of aromatic amines is 1. The van der Waals surface area contributed by atoms with E-state index in [4.69, 9.17) is 23.1 Å². The average molecular weight is 377 g/mol. The van der Waals surface area contributed by atoms with Gasteiger partial charge in [-0.25, -0.2) is 0 Å². The highest BCUT2D eigenvalue weighted by Crippen LogP contribution is 2.24. The monoisotopic (exact) mass is 376 g/mol. The molecule has 0 saturated heterocycles. The van der Waals surface area contributed by atoms with Gasteiger partial charge in [0.25, 0.3) is 0 Å². The lowest BCUT2D eigenvalue weighted by molar-refractivity contribution is 0.492. The third-order valence-electron chi connectivity index (χ3n) is 4.24. The summed E-state index contributed by atoms with van der Waals surface area (Å²) < 4.78 is 0. The van der Waals surface area contributed by atoms with Crippen molar-refractivity contribution in [2.24, 2.45) is 11.5 Å². The number of hydrogen-bond acceptors (Lipinski definition) is 5. The molecule has 1 heterocycles. The lowest BCUT2D eigenvalue weighted by Gasteiger charge is -2.20. The van der Waals surface area contributed by atoms with Crippen LogP contribution in [0.5, 0.6) is 0 Å². The molecule has 2 aromatic rings. The molecule has 0 saturated carbocycles. The number of nitrogens with two attached hydrogens (primary N) is 2. The quantitative estimate of drug-likeness (QED) is 0.319. The Bertz CT molecular complexity index is 739. The van der Waals surface area contributed by atoms with Crippen LogP contribution in [0.15, 0.2) is 43.4 Å². The van der Waals surface area contributed by atoms with Crippen LogP contribution in [0.3, 0.4) is 0 Å². The van der Waals surface area contributed by atoms with E-state index in [1.165, 1.54) is 0 Å². The van der Waals surface area contributed by atoms with Gasteiger partial charge in [-0.15, -0.1) is 0 Å². The van der Waals surface area contributed by atoms with Crippen LogP contribution in [-0.4, -0.2) is 24.1 Å². The highest BCUT2D eigenvalue weighted by atomic mass is 35.5. The summed E-state index contributed by atoms with van der Waals surface area (Å²) in [6.07, 6.45) is 3.68. The molecule has 0 bridgehead atoms. The van der Waals surface area contributed by atoms with Crippen molar-refractivity contribution in [1.82, 2.24) is 20.9 Å². The smallest absolute Gasteiger partial charge is 0.0918 e. The maximum absolute atomic E-state index is 6.22. The maximum atomic E-state index is 6.22. The van der Waals surface area contributed by atoms with Gasteiger partial charge in [0.05, 0.1) is 12.4 Å². The number of aromatic nitrogens is 1. The Labute approximate surface area is 160 Å². The van der Waals surface area contributed by atoms with Gasteiger partial charge in [0.2, 0.25) is 0 Å². The zero-order valence-corrected chi connectivity index (χ0v) is 15.8. The molecule has 6 nitrogen and oxygen atoms in total. The van der Waals surface area contributed by atoms with Gasteiger partial charge in [-0.05, 0) is 42.8 Å². The second-order valence-electron chi connectivity index (χ2n) is 6.24. The third-order valence-corrected chi connectivity index (χ3v) is 4.59. The Morgan fingerprint density at radius 3 is 2.81 bits per heavy atom. The van der Waals surface area contributed by atoms with E-state index >= 15 is 0 Å². The van der Waals surface area contributed by atoms with Gasteiger partial charge in [0.1, 0.15) is 0 Å². The van der Waals surface area contributed by atoms with Gasteiger partial charge in [-0.1, -0.05) is 24.8 Å². The molecule has 0 spiro atoms. The van der Waals surface area contributed by atoms with Gasteiger partial charge in [0, 0.05) is 47.3 Å². The van der Waals surface area contributed by atoms with Gasteiger partial charge in [-0.3, -0.25) is 0 Å². The molecule has 2 rings (SSSR count). The molecule has 1 atom stereocenters. The molecule has 1 unspecified atom stereocenters. The Kier molecular flexibility index (Phi) is 7.84. The maximum Gasteiger partial charge on any atom is 0.0918 e. The lowest BCUT2D eigenvalue weighted by Crippen LogP contribution is -2.39. The fourth-order valence-electron chi connectivity index (χ4n) is 2.81. The highest BCUT2D eigenvalue weighted by Gasteiger charge is 2.08. The number of H-pyrrole nitrogens is 1. The zero-order chi connectivity index (χ0) is 18.9. The van der Waals surface area contributed by atoms with Crippen LogP contribution in [0.2, 0.25) is 5.02 Å². The Morgan fingerprint density at radius 1 is 1.31 bits per heavy atom. The molecule has 0 aliphatic carbocycles. The number of nitrogens with one attached hydrogen (secondary N) is 4. The first-order chi connectivity index (χ1) is 12.6. The number of benzene rings is 1. The van der Waals surface area contributed by atoms with Gasteiger partial charge >= 0.3 is 0 Å². The van der Waals surface area contributed by atoms with Crippen molar-refractivity contribution in [1.29, 1.82) is 0 Å². The highest BCUT2D eigenvalue weighted by molar-refractivity contribution is 6.32. The molecule has 1 aromatic heterocycles. The van der Waals surface area contributed by atoms with Crippen molar-refractivity contribution in [2.75, 3.05) is 13.1 Å². The molecule has 0 amide bonds. The van der Waals surface area contributed by atoms with Crippen molar-refractivity contribution in [3.63, 3.8) is 0 Å². The topological polar surface area (TPSA) is 104 Å². The summed E-state index contributed by atoms with van der Waals surface area (Å²) in [6.45, 7) is 10.2. The van der Waals surface area contributed by atoms with Crippen molar-refractivity contribution in [3.8, 4) is 0 Å². The second-order valence-corrected chi connectivity index (χ2v) is 6.65. The average Bonchev–Trinajstić information content (AvgIpc) is 3.03. The minimum absolute atomic E-state index is 0.190. The largest absolute Gasteiger partial charge is 0.391 e. The molecule has 8 N–H and O–H groups in total. The predicted molar refractivity (Wildman–Crippen MR) is 111 cm³/mol. The van der Waals surface area contributed by atoms with Crippen LogP contribution >= 0.6 is 11.6 Å². The summed E-state index contributed by atoms with van der Waals surface area (Å²) in [5.74, 6) is 0.761. The first-order valence-electron chi connectivity index (χ1n) is 8.81. The predicted octanol–water partition coefficient (Wildman–Crippen LogP) is 2.27. The Balaban J connectivity index is 1.86. The molecule has 0 fully saturated rings. The first kappa shape index (κ1) is 20.2. The number of halogens is 1. The van der Waals surface area contributed by atoms with Gasteiger partial charge in [0.15, 0.2) is 0 Å². The molecule has 0 aliphatic heterocycles. The molecule has 142 valence electrons. The van der Waals surface area contributed by atoms with E-state index in [1.54, 1.807) is 6.20 Å². The summed E-state index contributed by atoms with van der Waals surface area (Å²) >= 11 is 6.22. The van der Waals surface area contributed by atoms with E-state index < -0.39 is 0 Å². The van der Waals surface area contributed by atoms with Crippen molar-refractivity contribution < 1.29 is 0 Å². The summed E-state index contributed by atoms with van der Waals surface area (Å²) in [7, 11) is 0. The molecule has 7 heteroatoms. The summed E-state index contributed by atoms with van der Waals surface area (Å²) in [6, 6.07) is 6.20. The van der Waals surface area contributed by atoms with E-state index in [1.807, 2.05) is 12.1 Å². The van der Waals surface area contributed by atoms with E-state index in [9.17, 15) is 0 Å². The first-order valence-corrected chi connectivity index (χ1v) is 9.19. The van der Waals surface area contributed by atoms with Crippen LogP contribution in [0.4, 0.5) is 0 Å². The number of rotatable bonds is 12. The van der Waals surface area contributed by atoms with Gasteiger partial charge < -0.3 is 32.4 Å². The normalized spacial score (nSPS) is 12.0. The van der Waals surface area contributed by atoms with Crippen LogP contribution in [0, 0.1) is 0 Å². The SMILES string of the molecule is C=CNCCCC(CN)NC(=C)NCc1cc2cc(Cl)c(CN)cc2[nH]1. The molecule has 1 aromatic carbocycles. The lowest BCUT2D eigenvalue weighted by atomic mass is 10.1. The van der Waals surface area contributed by atoms with E-state index in [-0.39, 0.29) is 6.04 Å². The molecule has 26 heavy (non-hydrogen) atoms. The summed E-state index contributed by atoms with van der Waals surface area (Å²) in [5.41, 5.74) is 14.6. The van der Waals surface area contributed by atoms with Crippen molar-refractivity contribution in [3.05, 3.63) is 59.7 Å². The molecular weight excluding hydrogens is 348 g/mol. The Hall–Kier alpha value is -2.15. The van der Waals surface area contributed by atoms with Crippen molar-refractivity contribution in [2.45, 2.75) is 32.0 Å². The summed E-state index contributed by atoms with van der Waals surface area (Å²) in [5, 5.41) is 11.5. The standard InChI is InChI=1S/C19H29ClN6/c1-3-23-6-4-5-16(11-22)25-13(2)24-12-17-7-14-8-18(20)15(10-21)9-19(14)26-17/h3,7-9,16,23-26H,1-2,4-6,10-12,21-22H2. The molecule has 0 radical (unpaired) electrons. The minimum Gasteiger partial charge on any atom is -0.391 e. The van der Waals surface area contributed by atoms with Crippen LogP contribution in [0.25, 0.3) is 10.9 Å². The summed E-state index contributed by atoms with van der Waals surface area (Å²) in [4.78, 5) is 3.38. The van der Waals surface area contributed by atoms with E-state index in [0.717, 1.165) is 47.4 Å². The van der Waals surface area contributed by atoms with Crippen LogP contribution in [-0.2, 0) is 13.1 Å². The van der Waals surface area contributed by atoms with Crippen molar-refractivity contribution >= 4 is 22.5 Å². The number of hydrogen-bond donors (Lipinski definition) is 6. The fourth-order valence-corrected chi connectivity index (χ4v) is 3.06. The third kappa shape index (κ3) is 5.69. The van der Waals surface area contributed by atoms with Crippen LogP contribution in [0.1, 0.15) is 24.1 Å². The molecular formula is C19H29ClN6. The zero-order valence-electron chi connectivity index (χ0n) is 15.1. The minimum atomic E-state index is 0.190. The number of fused-ring (bicyclic) bond motifs is 1. The fraction of sp³-hybridized carbons (Fsp3) is 0.368. The van der Waals surface area contributed by atoms with Gasteiger partial charge in [-0.2, -0.15) is 0 Å².